The molecule has 1 amide bonds. The van der Waals surface area contributed by atoms with Crippen LogP contribution >= 0.6 is 0 Å². The number of carbonyl (C=O) groups excluding carboxylic acids is 1. The van der Waals surface area contributed by atoms with E-state index < -0.39 is 0 Å². The molecule has 0 spiro atoms. The zero-order valence-corrected chi connectivity index (χ0v) is 11.0. The molecular formula is C15H13N3O2. The SMILES string of the molecule is CN(Cc1cc2ccccc2o1)C(=O)c1cnccn1. The summed E-state index contributed by atoms with van der Waals surface area (Å²) in [6.07, 6.45) is 4.50. The van der Waals surface area contributed by atoms with Crippen molar-refractivity contribution in [2.75, 3.05) is 7.05 Å². The molecule has 5 nitrogen and oxygen atoms in total. The van der Waals surface area contributed by atoms with Crippen molar-refractivity contribution in [1.82, 2.24) is 14.9 Å². The Morgan fingerprint density at radius 3 is 2.90 bits per heavy atom. The molecule has 0 N–H and O–H groups in total. The van der Waals surface area contributed by atoms with Gasteiger partial charge < -0.3 is 9.32 Å². The molecule has 5 heteroatoms. The molecular weight excluding hydrogens is 254 g/mol. The van der Waals surface area contributed by atoms with E-state index >= 15 is 0 Å². The fourth-order valence-electron chi connectivity index (χ4n) is 2.03. The first kappa shape index (κ1) is 12.3. The molecule has 0 aliphatic carbocycles. The van der Waals surface area contributed by atoms with Gasteiger partial charge in [-0.2, -0.15) is 0 Å². The molecule has 0 saturated heterocycles. The average molecular weight is 267 g/mol. The topological polar surface area (TPSA) is 59.2 Å². The molecule has 1 aromatic carbocycles. The quantitative estimate of drug-likeness (QED) is 0.731. The summed E-state index contributed by atoms with van der Waals surface area (Å²) in [4.78, 5) is 21.6. The number of fused-ring (bicyclic) bond motifs is 1. The standard InChI is InChI=1S/C15H13N3O2/c1-18(15(19)13-9-16-6-7-17-13)10-12-8-11-4-2-3-5-14(11)20-12/h2-9H,10H2,1H3. The normalized spacial score (nSPS) is 10.7. The maximum atomic E-state index is 12.1. The average Bonchev–Trinajstić information content (AvgIpc) is 2.89. The minimum atomic E-state index is -0.182. The Labute approximate surface area is 115 Å². The number of nitrogens with zero attached hydrogens (tertiary/aromatic N) is 3. The first-order chi connectivity index (χ1) is 9.74. The molecule has 0 bridgehead atoms. The van der Waals surface area contributed by atoms with Crippen LogP contribution in [-0.4, -0.2) is 27.8 Å². The van der Waals surface area contributed by atoms with Crippen molar-refractivity contribution in [3.8, 4) is 0 Å². The minimum absolute atomic E-state index is 0.182. The molecule has 2 heterocycles. The van der Waals surface area contributed by atoms with Gasteiger partial charge in [0.2, 0.25) is 0 Å². The largest absolute Gasteiger partial charge is 0.459 e. The van der Waals surface area contributed by atoms with Crippen molar-refractivity contribution in [2.24, 2.45) is 0 Å². The number of carbonyl (C=O) groups is 1. The molecule has 3 aromatic rings. The molecule has 100 valence electrons. The van der Waals surface area contributed by atoms with Crippen LogP contribution in [0.4, 0.5) is 0 Å². The van der Waals surface area contributed by atoms with Crippen LogP contribution in [0.15, 0.2) is 53.3 Å². The number of amides is 1. The lowest BCUT2D eigenvalue weighted by molar-refractivity contribution is 0.0770. The lowest BCUT2D eigenvalue weighted by Gasteiger charge is -2.14. The summed E-state index contributed by atoms with van der Waals surface area (Å²) in [5, 5.41) is 1.03. The van der Waals surface area contributed by atoms with Gasteiger partial charge in [-0.25, -0.2) is 4.98 Å². The van der Waals surface area contributed by atoms with E-state index in [4.69, 9.17) is 4.42 Å². The summed E-state index contributed by atoms with van der Waals surface area (Å²) in [5.41, 5.74) is 1.15. The minimum Gasteiger partial charge on any atom is -0.459 e. The molecule has 0 aliphatic heterocycles. The molecule has 0 aliphatic rings. The van der Waals surface area contributed by atoms with Crippen molar-refractivity contribution >= 4 is 16.9 Å². The molecule has 0 saturated carbocycles. The zero-order valence-electron chi connectivity index (χ0n) is 11.0. The Hall–Kier alpha value is -2.69. The number of hydrogen-bond acceptors (Lipinski definition) is 4. The number of aromatic nitrogens is 2. The highest BCUT2D eigenvalue weighted by atomic mass is 16.3. The van der Waals surface area contributed by atoms with Gasteiger partial charge in [-0.15, -0.1) is 0 Å². The molecule has 0 fully saturated rings. The van der Waals surface area contributed by atoms with Crippen LogP contribution in [0.2, 0.25) is 0 Å². The van der Waals surface area contributed by atoms with Gasteiger partial charge in [0.25, 0.3) is 5.91 Å². The number of furan rings is 1. The number of benzene rings is 1. The van der Waals surface area contributed by atoms with Gasteiger partial charge in [0.05, 0.1) is 12.7 Å². The second kappa shape index (κ2) is 5.13. The summed E-state index contributed by atoms with van der Waals surface area (Å²) in [6, 6.07) is 9.70. The Bertz CT molecular complexity index is 704. The predicted octanol–water partition coefficient (Wildman–Crippen LogP) is 2.50. The van der Waals surface area contributed by atoms with E-state index in [0.29, 0.717) is 12.2 Å². The van der Waals surface area contributed by atoms with E-state index in [1.165, 1.54) is 18.6 Å². The van der Waals surface area contributed by atoms with E-state index in [9.17, 15) is 4.79 Å². The van der Waals surface area contributed by atoms with E-state index in [-0.39, 0.29) is 5.91 Å². The smallest absolute Gasteiger partial charge is 0.274 e. The monoisotopic (exact) mass is 267 g/mol. The highest BCUT2D eigenvalue weighted by Crippen LogP contribution is 2.19. The highest BCUT2D eigenvalue weighted by molar-refractivity contribution is 5.91. The maximum Gasteiger partial charge on any atom is 0.274 e. The fraction of sp³-hybridized carbons (Fsp3) is 0.133. The third-order valence-corrected chi connectivity index (χ3v) is 3.00. The van der Waals surface area contributed by atoms with Crippen molar-refractivity contribution in [3.05, 3.63) is 60.4 Å². The summed E-state index contributed by atoms with van der Waals surface area (Å²) < 4.78 is 5.69. The lowest BCUT2D eigenvalue weighted by Crippen LogP contribution is -2.26. The first-order valence-corrected chi connectivity index (χ1v) is 6.23. The third kappa shape index (κ3) is 2.38. The second-order valence-corrected chi connectivity index (χ2v) is 4.50. The van der Waals surface area contributed by atoms with E-state index in [1.807, 2.05) is 30.3 Å². The van der Waals surface area contributed by atoms with E-state index in [1.54, 1.807) is 11.9 Å². The molecule has 2 aromatic heterocycles. The Kier molecular flexibility index (Phi) is 3.16. The molecule has 0 atom stereocenters. The molecule has 20 heavy (non-hydrogen) atoms. The van der Waals surface area contributed by atoms with E-state index in [2.05, 4.69) is 9.97 Å². The third-order valence-electron chi connectivity index (χ3n) is 3.00. The first-order valence-electron chi connectivity index (χ1n) is 6.23. The fourth-order valence-corrected chi connectivity index (χ4v) is 2.03. The van der Waals surface area contributed by atoms with Gasteiger partial charge in [-0.05, 0) is 12.1 Å². The van der Waals surface area contributed by atoms with Crippen molar-refractivity contribution in [1.29, 1.82) is 0 Å². The Balaban J connectivity index is 1.78. The number of hydrogen-bond donors (Lipinski definition) is 0. The van der Waals surface area contributed by atoms with Crippen molar-refractivity contribution < 1.29 is 9.21 Å². The summed E-state index contributed by atoms with van der Waals surface area (Å²) in [5.74, 6) is 0.560. The van der Waals surface area contributed by atoms with Crippen LogP contribution in [0.25, 0.3) is 11.0 Å². The van der Waals surface area contributed by atoms with Gasteiger partial charge in [0.15, 0.2) is 0 Å². The second-order valence-electron chi connectivity index (χ2n) is 4.50. The Morgan fingerprint density at radius 1 is 1.30 bits per heavy atom. The van der Waals surface area contributed by atoms with Crippen LogP contribution < -0.4 is 0 Å². The van der Waals surface area contributed by atoms with Crippen LogP contribution in [0, 0.1) is 0 Å². The van der Waals surface area contributed by atoms with Crippen LogP contribution in [0.3, 0.4) is 0 Å². The van der Waals surface area contributed by atoms with Gasteiger partial charge >= 0.3 is 0 Å². The molecule has 3 rings (SSSR count). The van der Waals surface area contributed by atoms with Crippen molar-refractivity contribution in [3.63, 3.8) is 0 Å². The Morgan fingerprint density at radius 2 is 2.15 bits per heavy atom. The van der Waals surface area contributed by atoms with Gasteiger partial charge in [-0.1, -0.05) is 18.2 Å². The van der Waals surface area contributed by atoms with Crippen LogP contribution in [0.1, 0.15) is 16.2 Å². The number of para-hydroxylation sites is 1. The zero-order chi connectivity index (χ0) is 13.9. The number of rotatable bonds is 3. The van der Waals surface area contributed by atoms with Gasteiger partial charge in [0.1, 0.15) is 17.0 Å². The molecule has 0 radical (unpaired) electrons. The van der Waals surface area contributed by atoms with Gasteiger partial charge in [0, 0.05) is 24.8 Å². The lowest BCUT2D eigenvalue weighted by atomic mass is 10.2. The van der Waals surface area contributed by atoms with Gasteiger partial charge in [-0.3, -0.25) is 9.78 Å². The predicted molar refractivity (Wildman–Crippen MR) is 74.0 cm³/mol. The summed E-state index contributed by atoms with van der Waals surface area (Å²) >= 11 is 0. The van der Waals surface area contributed by atoms with Crippen LogP contribution in [0.5, 0.6) is 0 Å². The van der Waals surface area contributed by atoms with Crippen LogP contribution in [-0.2, 0) is 6.54 Å². The molecule has 0 unspecified atom stereocenters. The summed E-state index contributed by atoms with van der Waals surface area (Å²) in [7, 11) is 1.71. The van der Waals surface area contributed by atoms with Crippen molar-refractivity contribution in [2.45, 2.75) is 6.54 Å². The maximum absolute atomic E-state index is 12.1. The summed E-state index contributed by atoms with van der Waals surface area (Å²) in [6.45, 7) is 0.393. The van der Waals surface area contributed by atoms with E-state index in [0.717, 1.165) is 16.7 Å². The highest BCUT2D eigenvalue weighted by Gasteiger charge is 2.15.